The van der Waals surface area contributed by atoms with Crippen LogP contribution < -0.4 is 30.2 Å². The molecule has 13 nitrogen and oxygen atoms in total. The van der Waals surface area contributed by atoms with Crippen LogP contribution >= 0.6 is 0 Å². The molecule has 0 aliphatic rings. The van der Waals surface area contributed by atoms with E-state index in [9.17, 15) is 28.8 Å². The average Bonchev–Trinajstić information content (AvgIpc) is 3.14. The van der Waals surface area contributed by atoms with Gasteiger partial charge in [0.1, 0.15) is 6.04 Å². The Morgan fingerprint density at radius 1 is 0.585 bits per heavy atom. The van der Waals surface area contributed by atoms with Gasteiger partial charge in [-0.2, -0.15) is 0 Å². The number of urea groups is 1. The molecule has 0 unspecified atom stereocenters. The Hall–Kier alpha value is -3.36. The molecule has 7 N–H and O–H groups in total. The zero-order valence-corrected chi connectivity index (χ0v) is 35.3. The zero-order chi connectivity index (χ0) is 39.3. The first-order valence-corrected chi connectivity index (χ1v) is 27.4. The van der Waals surface area contributed by atoms with Crippen LogP contribution in [-0.2, 0) is 19.2 Å². The number of hydrogen-bond donors (Lipinski definition) is 7. The maximum atomic E-state index is 12.8. The fourth-order valence-corrected chi connectivity index (χ4v) is 22.2. The van der Waals surface area contributed by atoms with Crippen LogP contribution in [0.3, 0.4) is 0 Å². The van der Waals surface area contributed by atoms with E-state index in [4.69, 9.17) is 10.2 Å². The number of carboxylic acid groups (broad SMARTS) is 2. The summed E-state index contributed by atoms with van der Waals surface area (Å²) in [4.78, 5) is 70.7. The quantitative estimate of drug-likeness (QED) is 0.0378. The van der Waals surface area contributed by atoms with Crippen molar-refractivity contribution in [3.05, 3.63) is 29.8 Å². The van der Waals surface area contributed by atoms with E-state index in [0.29, 0.717) is 51.0 Å². The molecule has 0 bridgehead atoms. The minimum absolute atomic E-state index is 0.0406. The Kier molecular flexibility index (Phi) is 26.1. The molecule has 0 saturated carbocycles. The van der Waals surface area contributed by atoms with E-state index in [-0.39, 0.29) is 43.4 Å². The summed E-state index contributed by atoms with van der Waals surface area (Å²) in [5.74, 6) is -2.87. The topological polar surface area (TPSA) is 203 Å². The molecule has 0 radical (unpaired) electrons. The molecule has 0 aliphatic carbocycles. The van der Waals surface area contributed by atoms with Crippen molar-refractivity contribution in [2.45, 2.75) is 143 Å². The molecule has 0 aliphatic heterocycles. The van der Waals surface area contributed by atoms with Gasteiger partial charge >= 0.3 is 196 Å². The van der Waals surface area contributed by atoms with Crippen LogP contribution in [0.1, 0.15) is 134 Å². The van der Waals surface area contributed by atoms with Gasteiger partial charge in [0.2, 0.25) is 11.8 Å². The Morgan fingerprint density at radius 2 is 1.04 bits per heavy atom. The van der Waals surface area contributed by atoms with Gasteiger partial charge in [0, 0.05) is 32.4 Å². The Balaban J connectivity index is 2.19. The van der Waals surface area contributed by atoms with E-state index < -0.39 is 42.4 Å². The van der Waals surface area contributed by atoms with Gasteiger partial charge in [0.25, 0.3) is 0 Å². The van der Waals surface area contributed by atoms with Crippen LogP contribution in [0.2, 0.25) is 13.3 Å². The number of aliphatic carboxylic acids is 2. The molecule has 1 aromatic rings. The summed E-state index contributed by atoms with van der Waals surface area (Å²) in [5, 5.41) is 31.2. The summed E-state index contributed by atoms with van der Waals surface area (Å²) in [6.07, 6.45) is 11.7. The normalized spacial score (nSPS) is 11.7. The van der Waals surface area contributed by atoms with Crippen molar-refractivity contribution in [1.29, 1.82) is 0 Å². The number of rotatable bonds is 31. The predicted octanol–water partition coefficient (Wildman–Crippen LogP) is 5.44. The fourth-order valence-electron chi connectivity index (χ4n) is 6.28. The van der Waals surface area contributed by atoms with Gasteiger partial charge in [-0.15, -0.1) is 0 Å². The number of carboxylic acids is 2. The molecule has 0 aromatic heterocycles. The molecule has 1 rings (SSSR count). The average molecular weight is 853 g/mol. The summed E-state index contributed by atoms with van der Waals surface area (Å²) in [5.41, 5.74) is 0.716. The second-order valence-electron chi connectivity index (χ2n) is 14.0. The molecule has 300 valence electrons. The van der Waals surface area contributed by atoms with E-state index in [1.807, 2.05) is 12.1 Å². The fraction of sp³-hybridized carbons (Fsp3) is 0.692. The van der Waals surface area contributed by atoms with E-state index >= 15 is 0 Å². The number of hydrogen-bond acceptors (Lipinski definition) is 6. The Morgan fingerprint density at radius 3 is 1.47 bits per heavy atom. The zero-order valence-electron chi connectivity index (χ0n) is 32.5. The molecular weight excluding hydrogens is 785 g/mol. The van der Waals surface area contributed by atoms with Gasteiger partial charge in [0.05, 0.1) is 0 Å². The molecule has 5 amide bonds. The van der Waals surface area contributed by atoms with Gasteiger partial charge in [0.15, 0.2) is 0 Å². The number of nitrogens with one attached hydrogen (secondary N) is 5. The van der Waals surface area contributed by atoms with Crippen molar-refractivity contribution in [3.63, 3.8) is 0 Å². The van der Waals surface area contributed by atoms with E-state index in [0.717, 1.165) is 19.3 Å². The van der Waals surface area contributed by atoms with Crippen molar-refractivity contribution in [2.75, 3.05) is 26.2 Å². The first-order chi connectivity index (χ1) is 25.5. The van der Waals surface area contributed by atoms with Crippen LogP contribution in [0.25, 0.3) is 0 Å². The van der Waals surface area contributed by atoms with Crippen molar-refractivity contribution < 1.29 is 39.0 Å². The number of amides is 5. The molecule has 0 fully saturated rings. The number of unbranched alkanes of at least 4 members (excludes halogenated alkanes) is 7. The van der Waals surface area contributed by atoms with Crippen LogP contribution in [0, 0.1) is 0 Å². The molecule has 0 heterocycles. The summed E-state index contributed by atoms with van der Waals surface area (Å²) in [7, 11) is 0. The monoisotopic (exact) mass is 853 g/mol. The molecule has 0 saturated heterocycles. The van der Waals surface area contributed by atoms with Gasteiger partial charge in [-0.05, 0) is 25.7 Å². The van der Waals surface area contributed by atoms with E-state index in [1.165, 1.54) is 51.8 Å². The van der Waals surface area contributed by atoms with Crippen molar-refractivity contribution in [3.8, 4) is 0 Å². The summed E-state index contributed by atoms with van der Waals surface area (Å²) in [6.45, 7) is 8.69. The first-order valence-electron chi connectivity index (χ1n) is 19.9. The molecule has 1 atom stereocenters. The second kappa shape index (κ2) is 29.1. The third kappa shape index (κ3) is 21.8. The van der Waals surface area contributed by atoms with Crippen LogP contribution in [0.5, 0.6) is 0 Å². The predicted molar refractivity (Wildman–Crippen MR) is 211 cm³/mol. The minimum atomic E-state index is -2.51. The third-order valence-electron chi connectivity index (χ3n) is 9.54. The standard InChI is InChI=1S/C27H40N5O8.3C4H9.Sn/c33-22(28-16-6-2-8-18-30-25(37)20-10-4-1-5-11-20)13-14-23(34)29-17-7-3-9-19-31-27(40)32-21(26(38)39)12-15-24(35)36;3*1-3-4-2;/h4-5,10-11,21H,2-3,6-9,12-19H2,(H,28,33)(H,29,34)(H,30,37)(H,35,36)(H,38,39)(H2,31,32,40);3*1,3-4H2,2H3;/t21-;;;;/m1..../s1. The molecule has 0 spiro atoms. The number of carbonyl (C=O) groups is 6. The third-order valence-corrected chi connectivity index (χ3v) is 25.2. The summed E-state index contributed by atoms with van der Waals surface area (Å²) < 4.78 is 5.79. The van der Waals surface area contributed by atoms with Crippen molar-refractivity contribution >= 4 is 57.6 Å². The van der Waals surface area contributed by atoms with Crippen LogP contribution in [0.15, 0.2) is 24.3 Å². The Labute approximate surface area is 320 Å². The van der Waals surface area contributed by atoms with Crippen molar-refractivity contribution in [1.82, 2.24) is 26.6 Å². The first kappa shape index (κ1) is 47.7. The molecule has 1 aromatic carbocycles. The van der Waals surface area contributed by atoms with Gasteiger partial charge in [-0.1, -0.05) is 0 Å². The summed E-state index contributed by atoms with van der Waals surface area (Å²) >= 11 is -2.51. The SMILES string of the molecule is CCC[CH2][Sn]([CH2]CCC)([CH2]CCC)[c]1ccc(C(=O)NCCCCCNC(=O)CCC(=O)NCCCCCNC(=O)N[C@H](CCC(=O)O)C(=O)O)cc1. The van der Waals surface area contributed by atoms with E-state index in [2.05, 4.69) is 59.5 Å². The second-order valence-corrected chi connectivity index (χ2v) is 27.2. The van der Waals surface area contributed by atoms with Gasteiger partial charge in [-0.3, -0.25) is 14.4 Å². The Bertz CT molecular complexity index is 1220. The van der Waals surface area contributed by atoms with E-state index in [1.54, 1.807) is 3.58 Å². The molecular formula is C39H67N5O8Sn. The van der Waals surface area contributed by atoms with Gasteiger partial charge in [-0.25, -0.2) is 9.59 Å². The number of carbonyl (C=O) groups excluding carboxylic acids is 4. The molecule has 14 heteroatoms. The van der Waals surface area contributed by atoms with Crippen LogP contribution in [-0.4, -0.2) is 96.5 Å². The van der Waals surface area contributed by atoms with Crippen LogP contribution in [0.4, 0.5) is 4.79 Å². The molecule has 53 heavy (non-hydrogen) atoms. The summed E-state index contributed by atoms with van der Waals surface area (Å²) in [6, 6.07) is 6.63. The number of benzene rings is 1. The maximum absolute atomic E-state index is 12.8. The van der Waals surface area contributed by atoms with Gasteiger partial charge < -0.3 is 26.2 Å². The van der Waals surface area contributed by atoms with Crippen molar-refractivity contribution in [2.24, 2.45) is 0 Å².